The van der Waals surface area contributed by atoms with Crippen molar-refractivity contribution in [2.24, 2.45) is 5.73 Å². The minimum atomic E-state index is 1.07. The standard InChI is InChI=1S/C6H7N.CH5N/c1-6-4-2-3-5-7-6;1-2/h2-5H,1H3;2H2,1H3. The van der Waals surface area contributed by atoms with Gasteiger partial charge in [-0.15, -0.1) is 0 Å². The fourth-order valence-electron chi connectivity index (χ4n) is 0.448. The smallest absolute Gasteiger partial charge is 0.0372 e. The molecule has 0 radical (unpaired) electrons. The monoisotopic (exact) mass is 124 g/mol. The second-order valence-corrected chi connectivity index (χ2v) is 1.47. The van der Waals surface area contributed by atoms with Crippen LogP contribution in [0.2, 0.25) is 0 Å². The van der Waals surface area contributed by atoms with E-state index in [9.17, 15) is 0 Å². The third-order valence-corrected chi connectivity index (χ3v) is 0.813. The molecule has 0 atom stereocenters. The van der Waals surface area contributed by atoms with E-state index in [4.69, 9.17) is 0 Å². The van der Waals surface area contributed by atoms with Crippen molar-refractivity contribution >= 4 is 0 Å². The van der Waals surface area contributed by atoms with Crippen LogP contribution < -0.4 is 5.73 Å². The van der Waals surface area contributed by atoms with Crippen LogP contribution in [0.15, 0.2) is 24.4 Å². The summed E-state index contributed by atoms with van der Waals surface area (Å²) in [6.45, 7) is 1.97. The molecule has 0 aliphatic heterocycles. The van der Waals surface area contributed by atoms with Crippen LogP contribution in [0, 0.1) is 6.92 Å². The largest absolute Gasteiger partial charge is 0.333 e. The molecule has 9 heavy (non-hydrogen) atoms. The van der Waals surface area contributed by atoms with Gasteiger partial charge < -0.3 is 5.73 Å². The summed E-state index contributed by atoms with van der Waals surface area (Å²) in [5.41, 5.74) is 5.57. The molecule has 0 spiro atoms. The first-order valence-corrected chi connectivity index (χ1v) is 2.85. The van der Waals surface area contributed by atoms with Crippen molar-refractivity contribution < 1.29 is 0 Å². The zero-order valence-electron chi connectivity index (χ0n) is 5.83. The van der Waals surface area contributed by atoms with Gasteiger partial charge in [-0.25, -0.2) is 0 Å². The fraction of sp³-hybridized carbons (Fsp3) is 0.286. The molecule has 1 rings (SSSR count). The summed E-state index contributed by atoms with van der Waals surface area (Å²) >= 11 is 0. The Morgan fingerprint density at radius 1 is 1.33 bits per heavy atom. The number of rotatable bonds is 0. The van der Waals surface area contributed by atoms with Gasteiger partial charge in [0.15, 0.2) is 0 Å². The van der Waals surface area contributed by atoms with Crippen LogP contribution >= 0.6 is 0 Å². The average molecular weight is 124 g/mol. The van der Waals surface area contributed by atoms with Crippen LogP contribution in [0.3, 0.4) is 0 Å². The van der Waals surface area contributed by atoms with Gasteiger partial charge in [-0.2, -0.15) is 0 Å². The van der Waals surface area contributed by atoms with Gasteiger partial charge in [0.2, 0.25) is 0 Å². The van der Waals surface area contributed by atoms with Crippen LogP contribution in [0.5, 0.6) is 0 Å². The maximum Gasteiger partial charge on any atom is 0.0372 e. The number of aryl methyl sites for hydroxylation is 1. The molecule has 0 aliphatic rings. The Bertz CT molecular complexity index is 137. The summed E-state index contributed by atoms with van der Waals surface area (Å²) in [6, 6.07) is 5.86. The lowest BCUT2D eigenvalue weighted by Crippen LogP contribution is -1.72. The second-order valence-electron chi connectivity index (χ2n) is 1.47. The first kappa shape index (κ1) is 8.11. The van der Waals surface area contributed by atoms with Crippen molar-refractivity contribution in [3.8, 4) is 0 Å². The summed E-state index contributed by atoms with van der Waals surface area (Å²) in [6.07, 6.45) is 1.79. The van der Waals surface area contributed by atoms with E-state index in [2.05, 4.69) is 10.7 Å². The Labute approximate surface area is 55.7 Å². The van der Waals surface area contributed by atoms with Gasteiger partial charge >= 0.3 is 0 Å². The first-order valence-electron chi connectivity index (χ1n) is 2.85. The number of aromatic nitrogens is 1. The third kappa shape index (κ3) is 3.67. The zero-order valence-corrected chi connectivity index (χ0v) is 5.83. The van der Waals surface area contributed by atoms with E-state index in [1.165, 1.54) is 7.05 Å². The molecule has 1 aromatic rings. The van der Waals surface area contributed by atoms with Crippen molar-refractivity contribution in [1.82, 2.24) is 4.98 Å². The van der Waals surface area contributed by atoms with Crippen molar-refractivity contribution in [1.29, 1.82) is 0 Å². The Balaban J connectivity index is 0.000000291. The fourth-order valence-corrected chi connectivity index (χ4v) is 0.448. The van der Waals surface area contributed by atoms with Gasteiger partial charge in [0.05, 0.1) is 0 Å². The third-order valence-electron chi connectivity index (χ3n) is 0.813. The topological polar surface area (TPSA) is 38.9 Å². The molecule has 0 saturated heterocycles. The quantitative estimate of drug-likeness (QED) is 0.559. The zero-order chi connectivity index (χ0) is 7.11. The highest BCUT2D eigenvalue weighted by atomic mass is 14.6. The number of nitrogens with zero attached hydrogens (tertiary/aromatic N) is 1. The molecular formula is C7H12N2. The van der Waals surface area contributed by atoms with Crippen molar-refractivity contribution in [3.63, 3.8) is 0 Å². The normalized spacial score (nSPS) is 7.44. The summed E-state index contributed by atoms with van der Waals surface area (Å²) < 4.78 is 0. The maximum atomic E-state index is 4.50. The van der Waals surface area contributed by atoms with E-state index in [1.54, 1.807) is 6.20 Å². The van der Waals surface area contributed by atoms with E-state index in [0.717, 1.165) is 5.69 Å². The van der Waals surface area contributed by atoms with Gasteiger partial charge in [0.1, 0.15) is 0 Å². The lowest BCUT2D eigenvalue weighted by atomic mass is 10.4. The predicted molar refractivity (Wildman–Crippen MR) is 39.1 cm³/mol. The molecule has 1 aromatic heterocycles. The molecule has 0 aromatic carbocycles. The lowest BCUT2D eigenvalue weighted by Gasteiger charge is -1.82. The van der Waals surface area contributed by atoms with Gasteiger partial charge in [-0.05, 0) is 26.1 Å². The lowest BCUT2D eigenvalue weighted by molar-refractivity contribution is 1.20. The molecular weight excluding hydrogens is 112 g/mol. The van der Waals surface area contributed by atoms with Gasteiger partial charge in [-0.3, -0.25) is 4.98 Å². The molecule has 0 amide bonds. The maximum absolute atomic E-state index is 4.50. The minimum Gasteiger partial charge on any atom is -0.333 e. The van der Waals surface area contributed by atoms with E-state index in [1.807, 2.05) is 25.1 Å². The molecule has 2 heteroatoms. The molecule has 0 saturated carbocycles. The van der Waals surface area contributed by atoms with Crippen molar-refractivity contribution in [2.75, 3.05) is 7.05 Å². The number of nitrogens with two attached hydrogens (primary N) is 1. The summed E-state index contributed by atoms with van der Waals surface area (Å²) in [4.78, 5) is 3.98. The van der Waals surface area contributed by atoms with Crippen LogP contribution in [-0.2, 0) is 0 Å². The first-order chi connectivity index (χ1) is 4.39. The van der Waals surface area contributed by atoms with Crippen LogP contribution in [0.4, 0.5) is 0 Å². The van der Waals surface area contributed by atoms with Crippen LogP contribution in [0.1, 0.15) is 5.69 Å². The van der Waals surface area contributed by atoms with Gasteiger partial charge in [-0.1, -0.05) is 6.07 Å². The Morgan fingerprint density at radius 3 is 2.22 bits per heavy atom. The van der Waals surface area contributed by atoms with Crippen molar-refractivity contribution in [3.05, 3.63) is 30.1 Å². The second kappa shape index (κ2) is 5.25. The van der Waals surface area contributed by atoms with Crippen LogP contribution in [0.25, 0.3) is 0 Å². The highest BCUT2D eigenvalue weighted by molar-refractivity contribution is 4.99. The average Bonchev–Trinajstić information content (AvgIpc) is 1.94. The van der Waals surface area contributed by atoms with Gasteiger partial charge in [0.25, 0.3) is 0 Å². The molecule has 2 nitrogen and oxygen atoms in total. The van der Waals surface area contributed by atoms with E-state index >= 15 is 0 Å². The summed E-state index contributed by atoms with van der Waals surface area (Å²) in [7, 11) is 1.50. The molecule has 2 N–H and O–H groups in total. The van der Waals surface area contributed by atoms with E-state index < -0.39 is 0 Å². The Kier molecular flexibility index (Phi) is 4.73. The number of hydrogen-bond acceptors (Lipinski definition) is 2. The van der Waals surface area contributed by atoms with Gasteiger partial charge in [0, 0.05) is 11.9 Å². The molecule has 0 fully saturated rings. The van der Waals surface area contributed by atoms with Crippen molar-refractivity contribution in [2.45, 2.75) is 6.92 Å². The minimum absolute atomic E-state index is 1.07. The molecule has 1 heterocycles. The highest BCUT2D eigenvalue weighted by Crippen LogP contribution is 1.85. The number of hydrogen-bond donors (Lipinski definition) is 1. The van der Waals surface area contributed by atoms with Crippen LogP contribution in [-0.4, -0.2) is 12.0 Å². The SMILES string of the molecule is CN.Cc1ccccn1. The Hall–Kier alpha value is -0.890. The predicted octanol–water partition coefficient (Wildman–Crippen LogP) is 0.965. The molecule has 0 bridgehead atoms. The highest BCUT2D eigenvalue weighted by Gasteiger charge is 1.73. The summed E-state index contributed by atoms with van der Waals surface area (Å²) in [5.74, 6) is 0. The van der Waals surface area contributed by atoms with E-state index in [0.29, 0.717) is 0 Å². The molecule has 50 valence electrons. The number of pyridine rings is 1. The van der Waals surface area contributed by atoms with E-state index in [-0.39, 0.29) is 0 Å². The molecule has 0 aliphatic carbocycles. The summed E-state index contributed by atoms with van der Waals surface area (Å²) in [5, 5.41) is 0. The molecule has 0 unspecified atom stereocenters. The Morgan fingerprint density at radius 2 is 2.00 bits per heavy atom.